The van der Waals surface area contributed by atoms with E-state index in [0.29, 0.717) is 11.6 Å². The standard InChI is InChI=1S/C11H24N2O/c1-10(9-14-4)13-7-5-11(2,12-3)6-8-13/h10,12H,5-9H2,1-4H3. The Bertz CT molecular complexity index is 165. The first-order valence-corrected chi connectivity index (χ1v) is 5.53. The summed E-state index contributed by atoms with van der Waals surface area (Å²) in [4.78, 5) is 2.52. The molecule has 0 aromatic rings. The van der Waals surface area contributed by atoms with Crippen molar-refractivity contribution in [3.63, 3.8) is 0 Å². The quantitative estimate of drug-likeness (QED) is 0.735. The second-order valence-electron chi connectivity index (χ2n) is 4.65. The number of nitrogens with zero attached hydrogens (tertiary/aromatic N) is 1. The molecule has 1 aliphatic rings. The molecule has 14 heavy (non-hydrogen) atoms. The normalized spacial score (nSPS) is 24.9. The fourth-order valence-electron chi connectivity index (χ4n) is 2.05. The van der Waals surface area contributed by atoms with Crippen molar-refractivity contribution in [1.29, 1.82) is 0 Å². The minimum Gasteiger partial charge on any atom is -0.383 e. The summed E-state index contributed by atoms with van der Waals surface area (Å²) in [6.45, 7) is 7.76. The molecule has 1 heterocycles. The molecule has 1 aliphatic heterocycles. The van der Waals surface area contributed by atoms with E-state index in [2.05, 4.69) is 31.1 Å². The molecule has 1 saturated heterocycles. The van der Waals surface area contributed by atoms with E-state index in [1.165, 1.54) is 25.9 Å². The van der Waals surface area contributed by atoms with Gasteiger partial charge in [0.15, 0.2) is 0 Å². The molecule has 84 valence electrons. The molecule has 1 unspecified atom stereocenters. The molecule has 0 amide bonds. The fraction of sp³-hybridized carbons (Fsp3) is 1.00. The van der Waals surface area contributed by atoms with Crippen LogP contribution in [0.25, 0.3) is 0 Å². The average Bonchev–Trinajstić information content (AvgIpc) is 2.19. The number of nitrogens with one attached hydrogen (secondary N) is 1. The zero-order valence-corrected chi connectivity index (χ0v) is 9.97. The van der Waals surface area contributed by atoms with Crippen LogP contribution in [0.15, 0.2) is 0 Å². The Labute approximate surface area is 87.8 Å². The summed E-state index contributed by atoms with van der Waals surface area (Å²) in [7, 11) is 3.84. The zero-order chi connectivity index (χ0) is 10.6. The van der Waals surface area contributed by atoms with Gasteiger partial charge in [-0.1, -0.05) is 0 Å². The molecule has 0 radical (unpaired) electrons. The molecule has 0 bridgehead atoms. The highest BCUT2D eigenvalue weighted by atomic mass is 16.5. The molecule has 1 atom stereocenters. The summed E-state index contributed by atoms with van der Waals surface area (Å²) >= 11 is 0. The van der Waals surface area contributed by atoms with Crippen molar-refractivity contribution >= 4 is 0 Å². The Morgan fingerprint density at radius 3 is 2.43 bits per heavy atom. The third-order valence-corrected chi connectivity index (χ3v) is 3.54. The lowest BCUT2D eigenvalue weighted by molar-refractivity contribution is 0.0639. The van der Waals surface area contributed by atoms with Crippen LogP contribution in [0.5, 0.6) is 0 Å². The summed E-state index contributed by atoms with van der Waals surface area (Å²) in [5.41, 5.74) is 0.350. The Hall–Kier alpha value is -0.120. The van der Waals surface area contributed by atoms with Crippen molar-refractivity contribution in [2.75, 3.05) is 33.9 Å². The number of ether oxygens (including phenoxy) is 1. The lowest BCUT2D eigenvalue weighted by atomic mass is 9.89. The molecule has 1 rings (SSSR count). The molecule has 0 saturated carbocycles. The van der Waals surface area contributed by atoms with Gasteiger partial charge in [0, 0.05) is 31.8 Å². The lowest BCUT2D eigenvalue weighted by Crippen LogP contribution is -2.52. The predicted molar refractivity (Wildman–Crippen MR) is 59.6 cm³/mol. The first-order chi connectivity index (χ1) is 6.61. The summed E-state index contributed by atoms with van der Waals surface area (Å²) in [5.74, 6) is 0. The maximum absolute atomic E-state index is 5.18. The van der Waals surface area contributed by atoms with Crippen LogP contribution in [0.1, 0.15) is 26.7 Å². The largest absolute Gasteiger partial charge is 0.383 e. The van der Waals surface area contributed by atoms with E-state index >= 15 is 0 Å². The summed E-state index contributed by atoms with van der Waals surface area (Å²) in [6.07, 6.45) is 2.47. The van der Waals surface area contributed by atoms with Crippen molar-refractivity contribution in [1.82, 2.24) is 10.2 Å². The Kier molecular flexibility index (Phi) is 4.35. The molecule has 1 fully saturated rings. The number of rotatable bonds is 4. The summed E-state index contributed by atoms with van der Waals surface area (Å²) in [6, 6.07) is 0.557. The van der Waals surface area contributed by atoms with Crippen molar-refractivity contribution in [2.45, 2.75) is 38.3 Å². The minimum absolute atomic E-state index is 0.350. The van der Waals surface area contributed by atoms with Crippen LogP contribution in [0.2, 0.25) is 0 Å². The van der Waals surface area contributed by atoms with Crippen LogP contribution in [0, 0.1) is 0 Å². The summed E-state index contributed by atoms with van der Waals surface area (Å²) < 4.78 is 5.18. The van der Waals surface area contributed by atoms with Gasteiger partial charge in [-0.15, -0.1) is 0 Å². The highest BCUT2D eigenvalue weighted by Crippen LogP contribution is 2.22. The van der Waals surface area contributed by atoms with Gasteiger partial charge in [-0.05, 0) is 33.7 Å². The van der Waals surface area contributed by atoms with Crippen LogP contribution >= 0.6 is 0 Å². The molecule has 0 spiro atoms. The molecular weight excluding hydrogens is 176 g/mol. The number of likely N-dealkylation sites (tertiary alicyclic amines) is 1. The van der Waals surface area contributed by atoms with E-state index < -0.39 is 0 Å². The van der Waals surface area contributed by atoms with E-state index in [-0.39, 0.29) is 0 Å². The first kappa shape index (κ1) is 12.0. The number of piperidine rings is 1. The van der Waals surface area contributed by atoms with Crippen molar-refractivity contribution in [2.24, 2.45) is 0 Å². The monoisotopic (exact) mass is 200 g/mol. The van der Waals surface area contributed by atoms with Crippen LogP contribution in [-0.4, -0.2) is 50.3 Å². The lowest BCUT2D eigenvalue weighted by Gasteiger charge is -2.41. The average molecular weight is 200 g/mol. The SMILES string of the molecule is CNC1(C)CCN(C(C)COC)CC1. The van der Waals surface area contributed by atoms with Gasteiger partial charge in [0.1, 0.15) is 0 Å². The van der Waals surface area contributed by atoms with Crippen molar-refractivity contribution in [3.05, 3.63) is 0 Å². The van der Waals surface area contributed by atoms with Gasteiger partial charge in [-0.2, -0.15) is 0 Å². The van der Waals surface area contributed by atoms with Crippen LogP contribution in [0.3, 0.4) is 0 Å². The Morgan fingerprint density at radius 1 is 1.43 bits per heavy atom. The maximum atomic E-state index is 5.18. The molecule has 0 aliphatic carbocycles. The first-order valence-electron chi connectivity index (χ1n) is 5.53. The number of methoxy groups -OCH3 is 1. The van der Waals surface area contributed by atoms with Crippen LogP contribution in [0.4, 0.5) is 0 Å². The fourth-order valence-corrected chi connectivity index (χ4v) is 2.05. The zero-order valence-electron chi connectivity index (χ0n) is 9.97. The van der Waals surface area contributed by atoms with Crippen molar-refractivity contribution in [3.8, 4) is 0 Å². The molecule has 0 aromatic heterocycles. The summed E-state index contributed by atoms with van der Waals surface area (Å²) in [5, 5.41) is 3.41. The van der Waals surface area contributed by atoms with E-state index in [1.54, 1.807) is 7.11 Å². The number of hydrogen-bond donors (Lipinski definition) is 1. The number of hydrogen-bond acceptors (Lipinski definition) is 3. The van der Waals surface area contributed by atoms with Gasteiger partial charge >= 0.3 is 0 Å². The molecular formula is C11H24N2O. The van der Waals surface area contributed by atoms with Gasteiger partial charge in [-0.3, -0.25) is 4.90 Å². The van der Waals surface area contributed by atoms with Crippen molar-refractivity contribution < 1.29 is 4.74 Å². The molecule has 1 N–H and O–H groups in total. The molecule has 3 heteroatoms. The molecule has 3 nitrogen and oxygen atoms in total. The third-order valence-electron chi connectivity index (χ3n) is 3.54. The second-order valence-corrected chi connectivity index (χ2v) is 4.65. The second kappa shape index (κ2) is 5.10. The molecule has 0 aromatic carbocycles. The van der Waals surface area contributed by atoms with Gasteiger partial charge < -0.3 is 10.1 Å². The minimum atomic E-state index is 0.350. The van der Waals surface area contributed by atoms with Crippen LogP contribution < -0.4 is 5.32 Å². The maximum Gasteiger partial charge on any atom is 0.0615 e. The van der Waals surface area contributed by atoms with Gasteiger partial charge in [0.25, 0.3) is 0 Å². The van der Waals surface area contributed by atoms with E-state index in [0.717, 1.165) is 6.61 Å². The Morgan fingerprint density at radius 2 is 2.00 bits per heavy atom. The highest BCUT2D eigenvalue weighted by Gasteiger charge is 2.29. The van der Waals surface area contributed by atoms with E-state index in [1.807, 2.05) is 0 Å². The predicted octanol–water partition coefficient (Wildman–Crippen LogP) is 1.10. The van der Waals surface area contributed by atoms with E-state index in [9.17, 15) is 0 Å². The van der Waals surface area contributed by atoms with E-state index in [4.69, 9.17) is 4.74 Å². The third kappa shape index (κ3) is 2.94. The smallest absolute Gasteiger partial charge is 0.0615 e. The van der Waals surface area contributed by atoms with Crippen LogP contribution in [-0.2, 0) is 4.74 Å². The van der Waals surface area contributed by atoms with Gasteiger partial charge in [0.2, 0.25) is 0 Å². The van der Waals surface area contributed by atoms with Gasteiger partial charge in [0.05, 0.1) is 6.61 Å². The van der Waals surface area contributed by atoms with Gasteiger partial charge in [-0.25, -0.2) is 0 Å². The topological polar surface area (TPSA) is 24.5 Å². The Balaban J connectivity index is 2.35. The highest BCUT2D eigenvalue weighted by molar-refractivity contribution is 4.89.